The van der Waals surface area contributed by atoms with Gasteiger partial charge in [-0.25, -0.2) is 0 Å². The maximum atomic E-state index is 11.2. The van der Waals surface area contributed by atoms with Crippen molar-refractivity contribution >= 4 is 21.8 Å². The normalized spacial score (nSPS) is 13.9. The van der Waals surface area contributed by atoms with Gasteiger partial charge < -0.3 is 16.2 Å². The van der Waals surface area contributed by atoms with Crippen LogP contribution in [-0.2, 0) is 11.2 Å². The average molecular weight is 329 g/mol. The van der Waals surface area contributed by atoms with Crippen molar-refractivity contribution in [3.8, 4) is 5.75 Å². The van der Waals surface area contributed by atoms with Crippen molar-refractivity contribution in [2.75, 3.05) is 0 Å². The molecule has 106 valence electrons. The van der Waals surface area contributed by atoms with Gasteiger partial charge in [-0.1, -0.05) is 29.8 Å². The zero-order valence-electron chi connectivity index (χ0n) is 11.4. The first-order valence-electron chi connectivity index (χ1n) is 6.47. The van der Waals surface area contributed by atoms with Gasteiger partial charge in [0.15, 0.2) is 6.10 Å². The smallest absolute Gasteiger partial charge is 0.258 e. The molecule has 1 rings (SSSR count). The lowest BCUT2D eigenvalue weighted by Gasteiger charge is -2.16. The summed E-state index contributed by atoms with van der Waals surface area (Å²) in [6, 6.07) is 5.74. The molecule has 4 nitrogen and oxygen atoms in total. The van der Waals surface area contributed by atoms with Crippen LogP contribution >= 0.6 is 15.9 Å². The highest BCUT2D eigenvalue weighted by molar-refractivity contribution is 9.10. The molecule has 0 aliphatic carbocycles. The molecule has 4 N–H and O–H groups in total. The molecule has 0 spiro atoms. The Labute approximate surface area is 122 Å². The van der Waals surface area contributed by atoms with Crippen molar-refractivity contribution in [3.05, 3.63) is 28.2 Å². The van der Waals surface area contributed by atoms with E-state index in [2.05, 4.69) is 22.9 Å². The van der Waals surface area contributed by atoms with E-state index in [0.717, 1.165) is 22.9 Å². The van der Waals surface area contributed by atoms with Gasteiger partial charge in [0.05, 0.1) is 0 Å². The Bertz CT molecular complexity index is 437. The Hall–Kier alpha value is -1.07. The van der Waals surface area contributed by atoms with E-state index in [1.807, 2.05) is 25.1 Å². The van der Waals surface area contributed by atoms with Crippen molar-refractivity contribution in [2.45, 2.75) is 45.3 Å². The quantitative estimate of drug-likeness (QED) is 0.806. The Morgan fingerprint density at radius 2 is 2.05 bits per heavy atom. The summed E-state index contributed by atoms with van der Waals surface area (Å²) in [5.74, 6) is 0.199. The van der Waals surface area contributed by atoms with Gasteiger partial charge in [0.1, 0.15) is 5.75 Å². The summed E-state index contributed by atoms with van der Waals surface area (Å²) in [5, 5.41) is 0. The van der Waals surface area contributed by atoms with Crippen LogP contribution in [-0.4, -0.2) is 18.1 Å². The van der Waals surface area contributed by atoms with Gasteiger partial charge in [0.2, 0.25) is 0 Å². The summed E-state index contributed by atoms with van der Waals surface area (Å²) in [6.07, 6.45) is 1.64. The number of carbonyl (C=O) groups is 1. The second-order valence-electron chi connectivity index (χ2n) is 4.54. The zero-order chi connectivity index (χ0) is 14.4. The summed E-state index contributed by atoms with van der Waals surface area (Å²) in [4.78, 5) is 11.2. The molecule has 0 saturated carbocycles. The lowest BCUT2D eigenvalue weighted by atomic mass is 10.0. The minimum atomic E-state index is -0.589. The van der Waals surface area contributed by atoms with Crippen molar-refractivity contribution < 1.29 is 9.53 Å². The minimum absolute atomic E-state index is 0.115. The van der Waals surface area contributed by atoms with E-state index in [1.54, 1.807) is 0 Å². The van der Waals surface area contributed by atoms with E-state index in [9.17, 15) is 4.79 Å². The van der Waals surface area contributed by atoms with Crippen molar-refractivity contribution in [1.29, 1.82) is 0 Å². The number of hydrogen-bond acceptors (Lipinski definition) is 3. The Morgan fingerprint density at radius 3 is 2.58 bits per heavy atom. The van der Waals surface area contributed by atoms with Gasteiger partial charge in [-0.2, -0.15) is 0 Å². The van der Waals surface area contributed by atoms with E-state index < -0.39 is 12.0 Å². The monoisotopic (exact) mass is 328 g/mol. The van der Waals surface area contributed by atoms with Gasteiger partial charge in [0, 0.05) is 10.5 Å². The Balaban J connectivity index is 2.86. The number of ether oxygens (including phenoxy) is 1. The fourth-order valence-corrected chi connectivity index (χ4v) is 2.12. The Morgan fingerprint density at radius 1 is 1.37 bits per heavy atom. The highest BCUT2D eigenvalue weighted by atomic mass is 79.9. The van der Waals surface area contributed by atoms with Crippen LogP contribution in [0.15, 0.2) is 22.7 Å². The topological polar surface area (TPSA) is 78.3 Å². The molecule has 1 aromatic rings. The maximum absolute atomic E-state index is 11.2. The molecule has 19 heavy (non-hydrogen) atoms. The van der Waals surface area contributed by atoms with E-state index in [1.165, 1.54) is 0 Å². The van der Waals surface area contributed by atoms with E-state index in [4.69, 9.17) is 16.2 Å². The third-order valence-corrected chi connectivity index (χ3v) is 3.76. The van der Waals surface area contributed by atoms with E-state index in [-0.39, 0.29) is 6.04 Å². The molecule has 5 heteroatoms. The molecule has 0 fully saturated rings. The second kappa shape index (κ2) is 7.50. The molecule has 0 aromatic heterocycles. The molecule has 0 saturated heterocycles. The summed E-state index contributed by atoms with van der Waals surface area (Å²) >= 11 is 3.50. The van der Waals surface area contributed by atoms with Crippen LogP contribution in [0.2, 0.25) is 0 Å². The van der Waals surface area contributed by atoms with Crippen molar-refractivity contribution in [2.24, 2.45) is 11.5 Å². The molecule has 0 heterocycles. The number of carbonyl (C=O) groups excluding carboxylic acids is 1. The summed E-state index contributed by atoms with van der Waals surface area (Å²) in [7, 11) is 0. The lowest BCUT2D eigenvalue weighted by molar-refractivity contribution is -0.124. The number of hydrogen-bond donors (Lipinski definition) is 2. The van der Waals surface area contributed by atoms with Crippen LogP contribution in [0.25, 0.3) is 0 Å². The minimum Gasteiger partial charge on any atom is -0.481 e. The molecular formula is C14H21BrN2O2. The molecular weight excluding hydrogens is 308 g/mol. The zero-order valence-corrected chi connectivity index (χ0v) is 12.9. The SMILES string of the molecule is CCC(N)Cc1cc(OC(CC)C(N)=O)ccc1Br. The maximum Gasteiger partial charge on any atom is 0.258 e. The van der Waals surface area contributed by atoms with Gasteiger partial charge in [-0.3, -0.25) is 4.79 Å². The van der Waals surface area contributed by atoms with Gasteiger partial charge >= 0.3 is 0 Å². The second-order valence-corrected chi connectivity index (χ2v) is 5.40. The fraction of sp³-hybridized carbons (Fsp3) is 0.500. The first kappa shape index (κ1) is 16.0. The summed E-state index contributed by atoms with van der Waals surface area (Å²) in [5.41, 5.74) is 12.3. The van der Waals surface area contributed by atoms with Crippen molar-refractivity contribution in [3.63, 3.8) is 0 Å². The van der Waals surface area contributed by atoms with Crippen LogP contribution in [0, 0.1) is 0 Å². The molecule has 1 amide bonds. The van der Waals surface area contributed by atoms with Crippen LogP contribution in [0.5, 0.6) is 5.75 Å². The van der Waals surface area contributed by atoms with Gasteiger partial charge in [-0.15, -0.1) is 0 Å². The number of benzene rings is 1. The number of nitrogens with two attached hydrogens (primary N) is 2. The van der Waals surface area contributed by atoms with Crippen molar-refractivity contribution in [1.82, 2.24) is 0 Å². The molecule has 2 unspecified atom stereocenters. The average Bonchev–Trinajstić information content (AvgIpc) is 2.38. The number of amides is 1. The number of primary amides is 1. The molecule has 2 atom stereocenters. The molecule has 0 aliphatic rings. The molecule has 0 aliphatic heterocycles. The predicted molar refractivity (Wildman–Crippen MR) is 80.0 cm³/mol. The predicted octanol–water partition coefficient (Wildman–Crippen LogP) is 2.37. The largest absolute Gasteiger partial charge is 0.481 e. The molecule has 1 aromatic carbocycles. The third-order valence-electron chi connectivity index (χ3n) is 2.99. The highest BCUT2D eigenvalue weighted by Gasteiger charge is 2.15. The first-order valence-corrected chi connectivity index (χ1v) is 7.27. The number of rotatable bonds is 7. The van der Waals surface area contributed by atoms with E-state index in [0.29, 0.717) is 12.2 Å². The molecule has 0 radical (unpaired) electrons. The van der Waals surface area contributed by atoms with Crippen LogP contribution in [0.3, 0.4) is 0 Å². The highest BCUT2D eigenvalue weighted by Crippen LogP contribution is 2.25. The summed E-state index contributed by atoms with van der Waals surface area (Å²) < 4.78 is 6.60. The van der Waals surface area contributed by atoms with Crippen LogP contribution in [0.4, 0.5) is 0 Å². The van der Waals surface area contributed by atoms with Gasteiger partial charge in [-0.05, 0) is 43.0 Å². The van der Waals surface area contributed by atoms with Gasteiger partial charge in [0.25, 0.3) is 5.91 Å². The molecule has 0 bridgehead atoms. The standard InChI is InChI=1S/C14H21BrN2O2/c1-3-10(16)7-9-8-11(5-6-12(9)15)19-13(4-2)14(17)18/h5-6,8,10,13H,3-4,7,16H2,1-2H3,(H2,17,18). The Kier molecular flexibility index (Phi) is 6.31. The fourth-order valence-electron chi connectivity index (χ4n) is 1.71. The first-order chi connectivity index (χ1) is 8.97. The third kappa shape index (κ3) is 4.84. The van der Waals surface area contributed by atoms with Crippen LogP contribution < -0.4 is 16.2 Å². The van der Waals surface area contributed by atoms with Crippen LogP contribution in [0.1, 0.15) is 32.3 Å². The number of halogens is 1. The summed E-state index contributed by atoms with van der Waals surface area (Å²) in [6.45, 7) is 3.92. The lowest BCUT2D eigenvalue weighted by Crippen LogP contribution is -2.33. The van der Waals surface area contributed by atoms with E-state index >= 15 is 0 Å².